The topological polar surface area (TPSA) is 93.6 Å². The van der Waals surface area contributed by atoms with Gasteiger partial charge in [0, 0.05) is 17.5 Å². The van der Waals surface area contributed by atoms with Gasteiger partial charge in [-0.05, 0) is 44.1 Å². The van der Waals surface area contributed by atoms with Gasteiger partial charge in [-0.15, -0.1) is 0 Å². The molecule has 0 fully saturated rings. The van der Waals surface area contributed by atoms with E-state index in [-0.39, 0.29) is 5.95 Å². The average Bonchev–Trinajstić information content (AvgIpc) is 2.88. The number of H-pyrrole nitrogens is 1. The summed E-state index contributed by atoms with van der Waals surface area (Å²) in [5, 5.41) is 0. The van der Waals surface area contributed by atoms with Crippen molar-refractivity contribution in [3.05, 3.63) is 56.7 Å². The second kappa shape index (κ2) is 6.32. The van der Waals surface area contributed by atoms with E-state index in [4.69, 9.17) is 11.5 Å². The Kier molecular flexibility index (Phi) is 4.40. The summed E-state index contributed by atoms with van der Waals surface area (Å²) >= 11 is 5.71. The third kappa shape index (κ3) is 2.98. The second-order valence-corrected chi connectivity index (χ2v) is 6.81. The minimum Gasteiger partial charge on any atom is -0.399 e. The molecule has 2 aromatic heterocycles. The third-order valence-corrected chi connectivity index (χ3v) is 4.98. The Hall–Kier alpha value is -1.87. The Morgan fingerprint density at radius 1 is 1.22 bits per heavy atom. The van der Waals surface area contributed by atoms with Crippen molar-refractivity contribution in [3.63, 3.8) is 0 Å². The number of rotatable bonds is 3. The Bertz CT molecular complexity index is 889. The molecule has 0 amide bonds. The molecule has 0 aliphatic carbocycles. The first-order valence-corrected chi connectivity index (χ1v) is 8.56. The van der Waals surface area contributed by atoms with Crippen molar-refractivity contribution in [1.29, 1.82) is 0 Å². The van der Waals surface area contributed by atoms with Crippen molar-refractivity contribution < 1.29 is 0 Å². The molecule has 0 saturated heterocycles. The molecule has 0 aliphatic rings. The van der Waals surface area contributed by atoms with Gasteiger partial charge in [0.1, 0.15) is 5.69 Å². The monoisotopic (exact) mass is 481 g/mol. The smallest absolute Gasteiger partial charge is 0.220 e. The molecule has 0 aliphatic heterocycles. The normalized spacial score (nSPS) is 10.7. The van der Waals surface area contributed by atoms with Crippen molar-refractivity contribution in [1.82, 2.24) is 15.0 Å². The fraction of sp³-hybridized carbons (Fsp3) is 0. The number of aromatic amines is 1. The van der Waals surface area contributed by atoms with E-state index in [0.29, 0.717) is 11.4 Å². The van der Waals surface area contributed by atoms with Gasteiger partial charge in [0.25, 0.3) is 0 Å². The molecular weight excluding hydrogens is 469 g/mol. The maximum atomic E-state index is 6.02. The summed E-state index contributed by atoms with van der Waals surface area (Å²) in [4.78, 5) is 11.7. The van der Waals surface area contributed by atoms with Crippen molar-refractivity contribution in [3.8, 4) is 22.6 Å². The quantitative estimate of drug-likeness (QED) is 0.492. The Balaban J connectivity index is 2.28. The van der Waals surface area contributed by atoms with E-state index >= 15 is 0 Å². The Morgan fingerprint density at radius 3 is 2.57 bits per heavy atom. The minimum absolute atomic E-state index is 0.211. The molecule has 0 atom stereocenters. The molecule has 0 spiro atoms. The minimum atomic E-state index is 0.211. The third-order valence-electron chi connectivity index (χ3n) is 3.32. The SMILES string of the molecule is C=C(N)c1c(-c2ccccc2)[nH]c(-c2nc(N)ncc2Br)c1I. The zero-order valence-electron chi connectivity index (χ0n) is 12.0. The summed E-state index contributed by atoms with van der Waals surface area (Å²) < 4.78 is 1.69. The van der Waals surface area contributed by atoms with E-state index in [9.17, 15) is 0 Å². The molecule has 5 N–H and O–H groups in total. The van der Waals surface area contributed by atoms with Crippen LogP contribution in [-0.2, 0) is 0 Å². The van der Waals surface area contributed by atoms with Gasteiger partial charge in [-0.3, -0.25) is 0 Å². The summed E-state index contributed by atoms with van der Waals surface area (Å²) in [6, 6.07) is 9.95. The van der Waals surface area contributed by atoms with Crippen LogP contribution in [0.15, 0.2) is 47.6 Å². The molecule has 0 unspecified atom stereocenters. The number of nitrogen functional groups attached to an aromatic ring is 1. The molecule has 3 aromatic rings. The lowest BCUT2D eigenvalue weighted by atomic mass is 10.1. The second-order valence-electron chi connectivity index (χ2n) is 4.88. The fourth-order valence-electron chi connectivity index (χ4n) is 2.32. The highest BCUT2D eigenvalue weighted by Crippen LogP contribution is 2.38. The van der Waals surface area contributed by atoms with Crippen LogP contribution in [0, 0.1) is 3.57 Å². The molecule has 116 valence electrons. The lowest BCUT2D eigenvalue weighted by Crippen LogP contribution is -1.98. The molecule has 0 saturated carbocycles. The molecule has 0 radical (unpaired) electrons. The van der Waals surface area contributed by atoms with E-state index < -0.39 is 0 Å². The summed E-state index contributed by atoms with van der Waals surface area (Å²) in [5.41, 5.74) is 16.6. The van der Waals surface area contributed by atoms with Gasteiger partial charge in [0.2, 0.25) is 5.95 Å². The van der Waals surface area contributed by atoms with Crippen LogP contribution < -0.4 is 11.5 Å². The first kappa shape index (κ1) is 16.0. The van der Waals surface area contributed by atoms with E-state index in [2.05, 4.69) is 60.1 Å². The lowest BCUT2D eigenvalue weighted by molar-refractivity contribution is 1.16. The number of anilines is 1. The Labute approximate surface area is 155 Å². The Morgan fingerprint density at radius 2 is 1.91 bits per heavy atom. The van der Waals surface area contributed by atoms with Crippen LogP contribution in [0.2, 0.25) is 0 Å². The number of nitrogens with one attached hydrogen (secondary N) is 1. The van der Waals surface area contributed by atoms with Crippen molar-refractivity contribution in [2.24, 2.45) is 5.73 Å². The van der Waals surface area contributed by atoms with E-state index in [1.807, 2.05) is 30.3 Å². The molecular formula is C16H13BrIN5. The molecule has 5 nitrogen and oxygen atoms in total. The predicted molar refractivity (Wildman–Crippen MR) is 105 cm³/mol. The van der Waals surface area contributed by atoms with Gasteiger partial charge in [-0.25, -0.2) is 9.97 Å². The molecule has 2 heterocycles. The average molecular weight is 482 g/mol. The van der Waals surface area contributed by atoms with E-state index in [1.54, 1.807) is 6.20 Å². The van der Waals surface area contributed by atoms with Crippen molar-refractivity contribution >= 4 is 50.2 Å². The predicted octanol–water partition coefficient (Wildman–Crippen LogP) is 4.02. The highest BCUT2D eigenvalue weighted by Gasteiger charge is 2.21. The fourth-order valence-corrected chi connectivity index (χ4v) is 3.71. The lowest BCUT2D eigenvalue weighted by Gasteiger charge is -2.04. The van der Waals surface area contributed by atoms with E-state index in [0.717, 1.165) is 30.6 Å². The van der Waals surface area contributed by atoms with Gasteiger partial charge in [-0.2, -0.15) is 0 Å². The molecule has 23 heavy (non-hydrogen) atoms. The van der Waals surface area contributed by atoms with Crippen LogP contribution in [0.1, 0.15) is 5.56 Å². The zero-order chi connectivity index (χ0) is 16.6. The van der Waals surface area contributed by atoms with Gasteiger partial charge < -0.3 is 16.5 Å². The number of aromatic nitrogens is 3. The van der Waals surface area contributed by atoms with Crippen LogP contribution >= 0.6 is 38.5 Å². The first-order chi connectivity index (χ1) is 11.0. The number of nitrogens with two attached hydrogens (primary N) is 2. The number of halogens is 2. The standard InChI is InChI=1S/C16H13BrIN5/c1-8(19)11-12(18)15(14-10(17)7-21-16(20)23-14)22-13(11)9-5-3-2-4-6-9/h2-7,22H,1,19H2,(H2,20,21,23). The summed E-state index contributed by atoms with van der Waals surface area (Å²) in [5.74, 6) is 0.211. The molecule has 3 rings (SSSR count). The molecule has 7 heteroatoms. The molecule has 1 aromatic carbocycles. The summed E-state index contributed by atoms with van der Waals surface area (Å²) in [6.07, 6.45) is 1.63. The number of benzene rings is 1. The number of hydrogen-bond donors (Lipinski definition) is 3. The van der Waals surface area contributed by atoms with Gasteiger partial charge in [0.15, 0.2) is 0 Å². The van der Waals surface area contributed by atoms with Gasteiger partial charge in [0.05, 0.1) is 19.4 Å². The highest BCUT2D eigenvalue weighted by atomic mass is 127. The van der Waals surface area contributed by atoms with Crippen LogP contribution in [0.25, 0.3) is 28.3 Å². The largest absolute Gasteiger partial charge is 0.399 e. The van der Waals surface area contributed by atoms with Crippen LogP contribution in [0.5, 0.6) is 0 Å². The summed E-state index contributed by atoms with van der Waals surface area (Å²) in [7, 11) is 0. The van der Waals surface area contributed by atoms with Crippen LogP contribution in [0.4, 0.5) is 5.95 Å². The van der Waals surface area contributed by atoms with Crippen LogP contribution in [0.3, 0.4) is 0 Å². The van der Waals surface area contributed by atoms with E-state index in [1.165, 1.54) is 0 Å². The maximum Gasteiger partial charge on any atom is 0.220 e. The zero-order valence-corrected chi connectivity index (χ0v) is 15.7. The summed E-state index contributed by atoms with van der Waals surface area (Å²) in [6.45, 7) is 3.90. The maximum absolute atomic E-state index is 6.02. The van der Waals surface area contributed by atoms with Crippen LogP contribution in [-0.4, -0.2) is 15.0 Å². The number of hydrogen-bond acceptors (Lipinski definition) is 4. The number of nitrogens with zero attached hydrogens (tertiary/aromatic N) is 2. The van der Waals surface area contributed by atoms with Crippen molar-refractivity contribution in [2.45, 2.75) is 0 Å². The van der Waals surface area contributed by atoms with Crippen molar-refractivity contribution in [2.75, 3.05) is 5.73 Å². The molecule has 0 bridgehead atoms. The van der Waals surface area contributed by atoms with Gasteiger partial charge >= 0.3 is 0 Å². The first-order valence-electron chi connectivity index (χ1n) is 6.69. The highest BCUT2D eigenvalue weighted by molar-refractivity contribution is 14.1. The van der Waals surface area contributed by atoms with Gasteiger partial charge in [-0.1, -0.05) is 36.9 Å².